The molecule has 0 N–H and O–H groups in total. The number of hydrogen-bond acceptors (Lipinski definition) is 8. The van der Waals surface area contributed by atoms with Crippen molar-refractivity contribution in [2.45, 2.75) is 25.3 Å². The Morgan fingerprint density at radius 3 is 2.40 bits per heavy atom. The molecule has 0 fully saturated rings. The van der Waals surface area contributed by atoms with Gasteiger partial charge >= 0.3 is 11.9 Å². The average Bonchev–Trinajstić information content (AvgIpc) is 2.84. The summed E-state index contributed by atoms with van der Waals surface area (Å²) in [6.07, 6.45) is 1.56. The van der Waals surface area contributed by atoms with Gasteiger partial charge in [0, 0.05) is 18.8 Å². The van der Waals surface area contributed by atoms with E-state index in [9.17, 15) is 18.0 Å². The predicted molar refractivity (Wildman–Crippen MR) is 128 cm³/mol. The number of carbonyl (C=O) groups excluding carboxylic acids is 2. The zero-order valence-electron chi connectivity index (χ0n) is 19.6. The first-order valence-corrected chi connectivity index (χ1v) is 12.2. The summed E-state index contributed by atoms with van der Waals surface area (Å²) in [5.74, 6) is -0.726. The molecule has 9 nitrogen and oxygen atoms in total. The highest BCUT2D eigenvalue weighted by Gasteiger charge is 2.29. The van der Waals surface area contributed by atoms with Crippen LogP contribution in [0.25, 0.3) is 0 Å². The second kappa shape index (κ2) is 11.6. The van der Waals surface area contributed by atoms with Crippen LogP contribution in [0.2, 0.25) is 0 Å². The quantitative estimate of drug-likeness (QED) is 0.389. The first-order valence-electron chi connectivity index (χ1n) is 10.8. The Hall–Kier alpha value is -3.76. The van der Waals surface area contributed by atoms with E-state index in [0.717, 1.165) is 9.87 Å². The molecule has 0 saturated heterocycles. The van der Waals surface area contributed by atoms with Crippen LogP contribution in [-0.4, -0.2) is 49.9 Å². The summed E-state index contributed by atoms with van der Waals surface area (Å²) < 4.78 is 43.5. The smallest absolute Gasteiger partial charge is 0.338 e. The second-order valence-corrected chi connectivity index (χ2v) is 9.41. The van der Waals surface area contributed by atoms with Crippen LogP contribution in [0.15, 0.2) is 71.8 Å². The Morgan fingerprint density at radius 2 is 1.77 bits per heavy atom. The maximum Gasteiger partial charge on any atom is 0.338 e. The Morgan fingerprint density at radius 1 is 1.03 bits per heavy atom. The lowest BCUT2D eigenvalue weighted by molar-refractivity contribution is -0.140. The van der Waals surface area contributed by atoms with Gasteiger partial charge in [0.2, 0.25) is 15.9 Å². The fraction of sp³-hybridized carbons (Fsp3) is 0.240. The number of benzene rings is 2. The zero-order chi connectivity index (χ0) is 25.4. The lowest BCUT2D eigenvalue weighted by atomic mass is 10.1. The van der Waals surface area contributed by atoms with E-state index in [2.05, 4.69) is 4.98 Å². The number of carbonyl (C=O) groups is 2. The molecule has 0 aliphatic rings. The zero-order valence-corrected chi connectivity index (χ0v) is 20.4. The molecule has 1 aromatic heterocycles. The number of sulfonamides is 1. The molecule has 0 amide bonds. The lowest BCUT2D eigenvalue weighted by Crippen LogP contribution is -2.36. The third kappa shape index (κ3) is 6.65. The van der Waals surface area contributed by atoms with Gasteiger partial charge in [-0.05, 0) is 55.8 Å². The number of pyridine rings is 1. The number of ether oxygens (including phenoxy) is 3. The number of esters is 2. The van der Waals surface area contributed by atoms with E-state index >= 15 is 0 Å². The van der Waals surface area contributed by atoms with Gasteiger partial charge in [-0.2, -0.15) is 4.31 Å². The van der Waals surface area contributed by atoms with Crippen molar-refractivity contribution in [1.29, 1.82) is 0 Å². The van der Waals surface area contributed by atoms with Crippen LogP contribution in [0.4, 0.5) is 0 Å². The molecule has 1 heterocycles. The molecule has 3 rings (SSSR count). The number of aromatic nitrogens is 1. The van der Waals surface area contributed by atoms with Crippen molar-refractivity contribution in [2.75, 3.05) is 20.3 Å². The minimum atomic E-state index is -4.12. The van der Waals surface area contributed by atoms with Gasteiger partial charge in [-0.15, -0.1) is 0 Å². The van der Waals surface area contributed by atoms with E-state index in [1.54, 1.807) is 49.5 Å². The molecular weight excluding hydrogens is 472 g/mol. The van der Waals surface area contributed by atoms with Crippen molar-refractivity contribution >= 4 is 22.0 Å². The molecule has 184 valence electrons. The van der Waals surface area contributed by atoms with E-state index in [1.807, 2.05) is 6.92 Å². The van der Waals surface area contributed by atoms with Crippen LogP contribution < -0.4 is 4.74 Å². The van der Waals surface area contributed by atoms with Crippen molar-refractivity contribution in [3.05, 3.63) is 83.6 Å². The van der Waals surface area contributed by atoms with E-state index < -0.39 is 28.5 Å². The molecule has 10 heteroatoms. The summed E-state index contributed by atoms with van der Waals surface area (Å²) in [5.41, 5.74) is 1.32. The Balaban J connectivity index is 2.04. The molecule has 0 saturated carbocycles. The van der Waals surface area contributed by atoms with Gasteiger partial charge in [-0.3, -0.25) is 4.79 Å². The molecule has 0 unspecified atom stereocenters. The molecule has 0 aliphatic carbocycles. The molecule has 0 atom stereocenters. The van der Waals surface area contributed by atoms with Gasteiger partial charge in [0.25, 0.3) is 0 Å². The third-order valence-electron chi connectivity index (χ3n) is 4.97. The average molecular weight is 499 g/mol. The Kier molecular flexibility index (Phi) is 8.56. The largest absolute Gasteiger partial charge is 0.468 e. The maximum absolute atomic E-state index is 13.4. The molecule has 3 aromatic rings. The molecule has 0 spiro atoms. The molecule has 0 radical (unpaired) electrons. The van der Waals surface area contributed by atoms with Gasteiger partial charge in [0.1, 0.15) is 12.3 Å². The van der Waals surface area contributed by atoms with E-state index in [-0.39, 0.29) is 29.2 Å². The summed E-state index contributed by atoms with van der Waals surface area (Å²) >= 11 is 0. The number of aryl methyl sites for hydroxylation is 1. The fourth-order valence-corrected chi connectivity index (χ4v) is 4.55. The van der Waals surface area contributed by atoms with Crippen molar-refractivity contribution < 1.29 is 32.2 Å². The predicted octanol–water partition coefficient (Wildman–Crippen LogP) is 3.72. The van der Waals surface area contributed by atoms with Crippen molar-refractivity contribution in [3.8, 4) is 11.6 Å². The highest BCUT2D eigenvalue weighted by Crippen LogP contribution is 2.26. The van der Waals surface area contributed by atoms with Gasteiger partial charge in [0.15, 0.2) is 0 Å². The van der Waals surface area contributed by atoms with Crippen molar-refractivity contribution in [1.82, 2.24) is 9.29 Å². The van der Waals surface area contributed by atoms with E-state index in [4.69, 9.17) is 14.2 Å². The van der Waals surface area contributed by atoms with Gasteiger partial charge in [0.05, 0.1) is 24.2 Å². The Bertz CT molecular complexity index is 1280. The van der Waals surface area contributed by atoms with Crippen LogP contribution in [0.1, 0.15) is 28.4 Å². The number of methoxy groups -OCH3 is 1. The molecule has 0 aliphatic heterocycles. The number of hydrogen-bond donors (Lipinski definition) is 0. The lowest BCUT2D eigenvalue weighted by Gasteiger charge is -2.23. The van der Waals surface area contributed by atoms with Gasteiger partial charge in [-0.25, -0.2) is 18.2 Å². The molecule has 0 bridgehead atoms. The fourth-order valence-electron chi connectivity index (χ4n) is 3.18. The normalized spacial score (nSPS) is 11.2. The summed E-state index contributed by atoms with van der Waals surface area (Å²) in [5, 5.41) is 0. The summed E-state index contributed by atoms with van der Waals surface area (Å²) in [7, 11) is -2.95. The molecule has 2 aromatic carbocycles. The van der Waals surface area contributed by atoms with E-state index in [0.29, 0.717) is 11.6 Å². The first kappa shape index (κ1) is 25.9. The summed E-state index contributed by atoms with van der Waals surface area (Å²) in [4.78, 5) is 28.9. The van der Waals surface area contributed by atoms with Crippen molar-refractivity contribution in [3.63, 3.8) is 0 Å². The van der Waals surface area contributed by atoms with Crippen LogP contribution in [-0.2, 0) is 30.8 Å². The highest BCUT2D eigenvalue weighted by atomic mass is 32.2. The number of nitrogens with zero attached hydrogens (tertiary/aromatic N) is 2. The summed E-state index contributed by atoms with van der Waals surface area (Å²) in [6, 6.07) is 16.0. The van der Waals surface area contributed by atoms with Crippen LogP contribution in [0.3, 0.4) is 0 Å². The van der Waals surface area contributed by atoms with Crippen molar-refractivity contribution in [2.24, 2.45) is 0 Å². The topological polar surface area (TPSA) is 112 Å². The minimum Gasteiger partial charge on any atom is -0.468 e. The number of rotatable bonds is 10. The SMILES string of the molecule is CCOC(=O)c1ccc(Oc2ccccn2)cc1CN(CC(=O)OC)S(=O)(=O)c1ccc(C)cc1. The van der Waals surface area contributed by atoms with Crippen LogP contribution >= 0.6 is 0 Å². The third-order valence-corrected chi connectivity index (χ3v) is 6.78. The maximum atomic E-state index is 13.4. The molecular formula is C25H26N2O7S. The summed E-state index contributed by atoms with van der Waals surface area (Å²) in [6.45, 7) is 2.78. The van der Waals surface area contributed by atoms with E-state index in [1.165, 1.54) is 31.4 Å². The molecule has 35 heavy (non-hydrogen) atoms. The first-order chi connectivity index (χ1) is 16.7. The standard InChI is InChI=1S/C25H26N2O7S/c1-4-33-25(29)22-13-10-20(34-23-7-5-6-14-26-23)15-19(22)16-27(17-24(28)32-3)35(30,31)21-11-8-18(2)9-12-21/h5-15H,4,16-17H2,1-3H3. The minimum absolute atomic E-state index is 0.00516. The van der Waals surface area contributed by atoms with Gasteiger partial charge < -0.3 is 14.2 Å². The Labute approximate surface area is 204 Å². The monoisotopic (exact) mass is 498 g/mol. The second-order valence-electron chi connectivity index (χ2n) is 7.47. The van der Waals surface area contributed by atoms with Crippen LogP contribution in [0.5, 0.6) is 11.6 Å². The highest BCUT2D eigenvalue weighted by molar-refractivity contribution is 7.89. The van der Waals surface area contributed by atoms with Gasteiger partial charge in [-0.1, -0.05) is 23.8 Å². The van der Waals surface area contributed by atoms with Crippen LogP contribution in [0, 0.1) is 6.92 Å².